The van der Waals surface area contributed by atoms with Crippen LogP contribution < -0.4 is 14.4 Å². The van der Waals surface area contributed by atoms with E-state index in [0.717, 1.165) is 0 Å². The monoisotopic (exact) mass is 456 g/mol. The molecule has 2 aromatic carbocycles. The van der Waals surface area contributed by atoms with Gasteiger partial charge in [0, 0.05) is 22.2 Å². The third kappa shape index (κ3) is 3.64. The molecule has 1 aromatic heterocycles. The number of aromatic nitrogens is 1. The lowest BCUT2D eigenvalue weighted by Gasteiger charge is -2.23. The van der Waals surface area contributed by atoms with Crippen LogP contribution in [0, 0.1) is 0 Å². The highest BCUT2D eigenvalue weighted by atomic mass is 35.5. The summed E-state index contributed by atoms with van der Waals surface area (Å²) in [5, 5.41) is 13.6. The summed E-state index contributed by atoms with van der Waals surface area (Å²) < 4.78 is 10.7. The van der Waals surface area contributed by atoms with Crippen molar-refractivity contribution in [2.45, 2.75) is 6.04 Å². The third-order valence-electron chi connectivity index (χ3n) is 4.91. The first kappa shape index (κ1) is 20.9. The number of benzene rings is 2. The number of amides is 1. The Hall–Kier alpha value is -3.36. The molecule has 0 saturated carbocycles. The number of carbonyl (C=O) groups excluding carboxylic acids is 2. The van der Waals surface area contributed by atoms with E-state index in [-0.39, 0.29) is 11.3 Å². The summed E-state index contributed by atoms with van der Waals surface area (Å²) in [6.45, 7) is 0. The number of hydrogen-bond acceptors (Lipinski definition) is 7. The second-order valence-electron chi connectivity index (χ2n) is 6.61. The first-order valence-corrected chi connectivity index (χ1v) is 10.4. The number of ketones is 1. The summed E-state index contributed by atoms with van der Waals surface area (Å²) in [4.78, 5) is 31.5. The molecule has 7 nitrogen and oxygen atoms in total. The number of ether oxygens (including phenoxy) is 2. The zero-order valence-electron chi connectivity index (χ0n) is 16.5. The van der Waals surface area contributed by atoms with Crippen LogP contribution in [0.5, 0.6) is 11.5 Å². The molecule has 0 radical (unpaired) electrons. The Labute approximate surface area is 187 Å². The Balaban J connectivity index is 1.94. The Bertz CT molecular complexity index is 1180. The number of aliphatic hydroxyl groups excluding tert-OH is 1. The number of Topliss-reactive ketones (excluding diaryl/α,β-unsaturated/α-hetero) is 1. The Morgan fingerprint density at radius 3 is 2.42 bits per heavy atom. The molecule has 1 aliphatic heterocycles. The fourth-order valence-electron chi connectivity index (χ4n) is 3.47. The number of nitrogens with zero attached hydrogens (tertiary/aromatic N) is 2. The van der Waals surface area contributed by atoms with E-state index in [1.807, 2.05) is 0 Å². The molecule has 2 heterocycles. The zero-order chi connectivity index (χ0) is 22.1. The molecule has 1 unspecified atom stereocenters. The minimum absolute atomic E-state index is 0.0465. The SMILES string of the molecule is COc1ccc(C2/C(=C(\O)c3ccc(Cl)cc3)C(=O)C(=O)N2c2nccs2)cc1OC. The molecule has 4 rings (SSSR count). The number of methoxy groups -OCH3 is 2. The van der Waals surface area contributed by atoms with Crippen LogP contribution >= 0.6 is 22.9 Å². The van der Waals surface area contributed by atoms with Gasteiger partial charge in [-0.2, -0.15) is 0 Å². The number of aliphatic hydroxyl groups is 1. The molecular weight excluding hydrogens is 440 g/mol. The van der Waals surface area contributed by atoms with E-state index >= 15 is 0 Å². The summed E-state index contributed by atoms with van der Waals surface area (Å²) in [5.41, 5.74) is 0.879. The van der Waals surface area contributed by atoms with E-state index in [9.17, 15) is 14.7 Å². The summed E-state index contributed by atoms with van der Waals surface area (Å²) in [7, 11) is 3.01. The molecule has 3 aromatic rings. The molecule has 0 spiro atoms. The second kappa shape index (κ2) is 8.41. The van der Waals surface area contributed by atoms with Crippen LogP contribution in [0.1, 0.15) is 17.2 Å². The Kier molecular flexibility index (Phi) is 5.67. The third-order valence-corrected chi connectivity index (χ3v) is 5.93. The standard InChI is InChI=1S/C22H17ClN2O5S/c1-29-15-8-5-13(11-16(15)30-2)18-17(19(26)12-3-6-14(23)7-4-12)20(27)21(28)25(18)22-24-9-10-31-22/h3-11,18,26H,1-2H3/b19-17+. The molecule has 0 aliphatic carbocycles. The van der Waals surface area contributed by atoms with Crippen LogP contribution in [0.2, 0.25) is 5.02 Å². The van der Waals surface area contributed by atoms with Gasteiger partial charge in [0.25, 0.3) is 5.78 Å². The van der Waals surface area contributed by atoms with Gasteiger partial charge in [0.1, 0.15) is 5.76 Å². The van der Waals surface area contributed by atoms with E-state index < -0.39 is 17.7 Å². The summed E-state index contributed by atoms with van der Waals surface area (Å²) >= 11 is 7.16. The topological polar surface area (TPSA) is 89.0 Å². The van der Waals surface area contributed by atoms with Crippen molar-refractivity contribution in [2.75, 3.05) is 19.1 Å². The highest BCUT2D eigenvalue weighted by molar-refractivity contribution is 7.14. The van der Waals surface area contributed by atoms with E-state index in [1.165, 1.54) is 30.5 Å². The highest BCUT2D eigenvalue weighted by Gasteiger charge is 2.48. The predicted octanol–water partition coefficient (Wildman–Crippen LogP) is 4.44. The largest absolute Gasteiger partial charge is 0.507 e. The van der Waals surface area contributed by atoms with Crippen molar-refractivity contribution in [3.05, 3.63) is 75.8 Å². The lowest BCUT2D eigenvalue weighted by molar-refractivity contribution is -0.132. The van der Waals surface area contributed by atoms with Gasteiger partial charge < -0.3 is 14.6 Å². The van der Waals surface area contributed by atoms with E-state index in [1.54, 1.807) is 54.0 Å². The second-order valence-corrected chi connectivity index (χ2v) is 7.91. The molecular formula is C22H17ClN2O5S. The van der Waals surface area contributed by atoms with Crippen molar-refractivity contribution in [3.8, 4) is 11.5 Å². The van der Waals surface area contributed by atoms with Crippen molar-refractivity contribution in [1.82, 2.24) is 4.98 Å². The smallest absolute Gasteiger partial charge is 0.301 e. The summed E-state index contributed by atoms with van der Waals surface area (Å²) in [6.07, 6.45) is 1.55. The van der Waals surface area contributed by atoms with Gasteiger partial charge in [0.05, 0.1) is 25.8 Å². The highest BCUT2D eigenvalue weighted by Crippen LogP contribution is 2.44. The molecule has 9 heteroatoms. The van der Waals surface area contributed by atoms with Crippen LogP contribution in [-0.4, -0.2) is 36.0 Å². The molecule has 1 N–H and O–H groups in total. The maximum Gasteiger partial charge on any atom is 0.301 e. The van der Waals surface area contributed by atoms with Gasteiger partial charge in [0.15, 0.2) is 16.6 Å². The van der Waals surface area contributed by atoms with Gasteiger partial charge in [0.2, 0.25) is 0 Å². The van der Waals surface area contributed by atoms with Crippen molar-refractivity contribution in [2.24, 2.45) is 0 Å². The number of thiazole rings is 1. The lowest BCUT2D eigenvalue weighted by atomic mass is 9.95. The van der Waals surface area contributed by atoms with Gasteiger partial charge in [-0.1, -0.05) is 17.7 Å². The van der Waals surface area contributed by atoms with Crippen LogP contribution in [0.3, 0.4) is 0 Å². The van der Waals surface area contributed by atoms with Gasteiger partial charge in [-0.3, -0.25) is 14.5 Å². The molecule has 31 heavy (non-hydrogen) atoms. The average Bonchev–Trinajstić information content (AvgIpc) is 3.40. The summed E-state index contributed by atoms with van der Waals surface area (Å²) in [6, 6.07) is 10.5. The molecule has 1 amide bonds. The van der Waals surface area contributed by atoms with Crippen molar-refractivity contribution in [1.29, 1.82) is 0 Å². The predicted molar refractivity (Wildman–Crippen MR) is 118 cm³/mol. The number of halogens is 1. The molecule has 0 bridgehead atoms. The van der Waals surface area contributed by atoms with Crippen LogP contribution in [0.15, 0.2) is 59.6 Å². The average molecular weight is 457 g/mol. The van der Waals surface area contributed by atoms with Crippen molar-refractivity contribution < 1.29 is 24.2 Å². The first-order chi connectivity index (χ1) is 15.0. The van der Waals surface area contributed by atoms with Crippen molar-refractivity contribution >= 4 is 45.5 Å². The Morgan fingerprint density at radius 1 is 1.10 bits per heavy atom. The fourth-order valence-corrected chi connectivity index (χ4v) is 4.26. The molecule has 1 fully saturated rings. The van der Waals surface area contributed by atoms with Crippen LogP contribution in [0.4, 0.5) is 5.13 Å². The number of hydrogen-bond donors (Lipinski definition) is 1. The quantitative estimate of drug-likeness (QED) is 0.347. The van der Waals surface area contributed by atoms with Crippen LogP contribution in [0.25, 0.3) is 5.76 Å². The molecule has 1 aliphatic rings. The minimum atomic E-state index is -0.901. The minimum Gasteiger partial charge on any atom is -0.507 e. The molecule has 1 atom stereocenters. The van der Waals surface area contributed by atoms with Crippen LogP contribution in [-0.2, 0) is 9.59 Å². The van der Waals surface area contributed by atoms with Gasteiger partial charge in [-0.15, -0.1) is 11.3 Å². The van der Waals surface area contributed by atoms with E-state index in [0.29, 0.717) is 32.8 Å². The number of carbonyl (C=O) groups is 2. The van der Waals surface area contributed by atoms with Gasteiger partial charge >= 0.3 is 5.91 Å². The number of anilines is 1. The number of rotatable bonds is 5. The van der Waals surface area contributed by atoms with Crippen molar-refractivity contribution in [3.63, 3.8) is 0 Å². The van der Waals surface area contributed by atoms with E-state index in [4.69, 9.17) is 21.1 Å². The lowest BCUT2D eigenvalue weighted by Crippen LogP contribution is -2.29. The van der Waals surface area contributed by atoms with Gasteiger partial charge in [-0.25, -0.2) is 4.98 Å². The van der Waals surface area contributed by atoms with E-state index in [2.05, 4.69) is 4.98 Å². The Morgan fingerprint density at radius 2 is 1.81 bits per heavy atom. The van der Waals surface area contributed by atoms with Gasteiger partial charge in [-0.05, 0) is 42.0 Å². The molecule has 1 saturated heterocycles. The molecule has 158 valence electrons. The maximum absolute atomic E-state index is 13.0. The zero-order valence-corrected chi connectivity index (χ0v) is 18.1. The normalized spacial score (nSPS) is 17.8. The fraction of sp³-hybridized carbons (Fsp3) is 0.136. The maximum atomic E-state index is 13.0. The summed E-state index contributed by atoms with van der Waals surface area (Å²) in [5.74, 6) is -0.951. The first-order valence-electron chi connectivity index (χ1n) is 9.14.